The molecule has 0 fully saturated rings. The molecule has 4 aromatic heterocycles. The number of aliphatic hydroxyl groups is 1. The van der Waals surface area contributed by atoms with E-state index in [9.17, 15) is 9.90 Å². The van der Waals surface area contributed by atoms with Crippen molar-refractivity contribution in [3.63, 3.8) is 0 Å². The number of pyridine rings is 1. The summed E-state index contributed by atoms with van der Waals surface area (Å²) in [7, 11) is 1.63. The summed E-state index contributed by atoms with van der Waals surface area (Å²) in [5.41, 5.74) is 4.22. The van der Waals surface area contributed by atoms with Crippen molar-refractivity contribution in [1.29, 1.82) is 0 Å². The SMILES string of the molecule is CNC(=O)n1c(C)cc2cc(Nc3ccnc4cc(-c5nc(C(C)(C)O)cs5)sc34)ccc21. The molecule has 0 radical (unpaired) electrons. The molecule has 0 aliphatic heterocycles. The average Bonchev–Trinajstić information content (AvgIpc) is 3.49. The van der Waals surface area contributed by atoms with Crippen molar-refractivity contribution in [2.24, 2.45) is 0 Å². The Morgan fingerprint density at radius 3 is 2.73 bits per heavy atom. The van der Waals surface area contributed by atoms with Gasteiger partial charge in [-0.05, 0) is 57.2 Å². The molecule has 1 amide bonds. The van der Waals surface area contributed by atoms with Crippen molar-refractivity contribution in [2.45, 2.75) is 26.4 Å². The van der Waals surface area contributed by atoms with Crippen LogP contribution >= 0.6 is 22.7 Å². The number of rotatable bonds is 4. The van der Waals surface area contributed by atoms with Crippen LogP contribution in [0.4, 0.5) is 16.2 Å². The Labute approximate surface area is 198 Å². The highest BCUT2D eigenvalue weighted by Crippen LogP contribution is 2.39. The molecule has 7 nitrogen and oxygen atoms in total. The molecule has 9 heteroatoms. The molecule has 168 valence electrons. The monoisotopic (exact) mass is 477 g/mol. The summed E-state index contributed by atoms with van der Waals surface area (Å²) in [6, 6.07) is 11.8. The molecule has 4 heterocycles. The maximum absolute atomic E-state index is 12.2. The van der Waals surface area contributed by atoms with E-state index in [1.54, 1.807) is 43.0 Å². The molecular weight excluding hydrogens is 454 g/mol. The quantitative estimate of drug-likeness (QED) is 0.302. The van der Waals surface area contributed by atoms with E-state index in [0.29, 0.717) is 5.69 Å². The Morgan fingerprint density at radius 2 is 2.00 bits per heavy atom. The number of thiophene rings is 1. The first-order valence-corrected chi connectivity index (χ1v) is 12.1. The van der Waals surface area contributed by atoms with Gasteiger partial charge in [0.2, 0.25) is 0 Å². The van der Waals surface area contributed by atoms with Crippen LogP contribution in [0, 0.1) is 6.92 Å². The normalized spacial score (nSPS) is 11.9. The summed E-state index contributed by atoms with van der Waals surface area (Å²) in [5.74, 6) is 0. The molecule has 0 aliphatic rings. The van der Waals surface area contributed by atoms with Gasteiger partial charge in [-0.25, -0.2) is 9.78 Å². The largest absolute Gasteiger partial charge is 0.384 e. The zero-order valence-corrected chi connectivity index (χ0v) is 20.3. The van der Waals surface area contributed by atoms with E-state index in [4.69, 9.17) is 0 Å². The Kier molecular flexibility index (Phi) is 5.19. The van der Waals surface area contributed by atoms with Crippen LogP contribution in [-0.2, 0) is 5.60 Å². The third-order valence-electron chi connectivity index (χ3n) is 5.44. The van der Waals surface area contributed by atoms with Crippen LogP contribution in [0.2, 0.25) is 0 Å². The van der Waals surface area contributed by atoms with Crippen LogP contribution in [-0.4, -0.2) is 32.7 Å². The van der Waals surface area contributed by atoms with E-state index in [1.807, 2.05) is 48.7 Å². The van der Waals surface area contributed by atoms with Crippen LogP contribution in [0.5, 0.6) is 0 Å². The molecule has 1 aromatic carbocycles. The fourth-order valence-electron chi connectivity index (χ4n) is 3.78. The van der Waals surface area contributed by atoms with Crippen LogP contribution in [0.15, 0.2) is 48.0 Å². The second-order valence-corrected chi connectivity index (χ2v) is 10.3. The Morgan fingerprint density at radius 1 is 1.18 bits per heavy atom. The van der Waals surface area contributed by atoms with Crippen molar-refractivity contribution in [2.75, 3.05) is 12.4 Å². The maximum atomic E-state index is 12.2. The molecule has 3 N–H and O–H groups in total. The van der Waals surface area contributed by atoms with Gasteiger partial charge in [0.1, 0.15) is 10.6 Å². The van der Waals surface area contributed by atoms with E-state index in [0.717, 1.165) is 48.1 Å². The van der Waals surface area contributed by atoms with Gasteiger partial charge < -0.3 is 15.7 Å². The molecule has 0 saturated carbocycles. The first-order valence-electron chi connectivity index (χ1n) is 10.4. The number of carbonyl (C=O) groups excluding carboxylic acids is 1. The van der Waals surface area contributed by atoms with Crippen molar-refractivity contribution in [3.05, 3.63) is 59.4 Å². The van der Waals surface area contributed by atoms with Gasteiger partial charge in [-0.2, -0.15) is 0 Å². The number of carbonyl (C=O) groups is 1. The summed E-state index contributed by atoms with van der Waals surface area (Å²) in [4.78, 5) is 22.4. The summed E-state index contributed by atoms with van der Waals surface area (Å²) in [6.07, 6.45) is 1.79. The Balaban J connectivity index is 1.50. The van der Waals surface area contributed by atoms with Crippen LogP contribution in [0.25, 0.3) is 31.0 Å². The molecule has 5 aromatic rings. The molecule has 0 aliphatic carbocycles. The molecule has 33 heavy (non-hydrogen) atoms. The number of aryl methyl sites for hydroxylation is 1. The minimum atomic E-state index is -0.968. The molecule has 0 bridgehead atoms. The summed E-state index contributed by atoms with van der Waals surface area (Å²) in [6.45, 7) is 5.40. The number of hydrogen-bond donors (Lipinski definition) is 3. The molecule has 0 atom stereocenters. The number of fused-ring (bicyclic) bond motifs is 2. The number of hydrogen-bond acceptors (Lipinski definition) is 7. The highest BCUT2D eigenvalue weighted by molar-refractivity contribution is 7.25. The topological polar surface area (TPSA) is 92.1 Å². The molecule has 5 rings (SSSR count). The van der Waals surface area contributed by atoms with Gasteiger partial charge >= 0.3 is 6.03 Å². The van der Waals surface area contributed by atoms with Crippen molar-refractivity contribution in [3.8, 4) is 9.88 Å². The summed E-state index contributed by atoms with van der Waals surface area (Å²) < 4.78 is 2.71. The van der Waals surface area contributed by atoms with Gasteiger partial charge in [0.25, 0.3) is 0 Å². The lowest BCUT2D eigenvalue weighted by atomic mass is 10.1. The maximum Gasteiger partial charge on any atom is 0.325 e. The molecule has 0 saturated heterocycles. The van der Waals surface area contributed by atoms with Gasteiger partial charge in [0.15, 0.2) is 0 Å². The predicted molar refractivity (Wildman–Crippen MR) is 136 cm³/mol. The minimum Gasteiger partial charge on any atom is -0.384 e. The van der Waals surface area contributed by atoms with Gasteiger partial charge in [-0.1, -0.05) is 0 Å². The molecular formula is C24H23N5O2S2. The number of benzene rings is 1. The molecule has 0 spiro atoms. The number of anilines is 2. The Hall–Kier alpha value is -3.27. The fourth-order valence-corrected chi connectivity index (χ4v) is 5.91. The van der Waals surface area contributed by atoms with Crippen LogP contribution in [0.1, 0.15) is 25.2 Å². The lowest BCUT2D eigenvalue weighted by Crippen LogP contribution is -2.25. The smallest absolute Gasteiger partial charge is 0.325 e. The third kappa shape index (κ3) is 3.88. The summed E-state index contributed by atoms with van der Waals surface area (Å²) >= 11 is 3.14. The second-order valence-electron chi connectivity index (χ2n) is 8.36. The number of nitrogens with one attached hydrogen (secondary N) is 2. The highest BCUT2D eigenvalue weighted by atomic mass is 32.1. The van der Waals surface area contributed by atoms with Crippen molar-refractivity contribution >= 4 is 61.2 Å². The third-order valence-corrected chi connectivity index (χ3v) is 7.60. The minimum absolute atomic E-state index is 0.153. The van der Waals surface area contributed by atoms with E-state index in [1.165, 1.54) is 11.3 Å². The number of thiazole rings is 1. The van der Waals surface area contributed by atoms with E-state index >= 15 is 0 Å². The van der Waals surface area contributed by atoms with Crippen molar-refractivity contribution in [1.82, 2.24) is 19.9 Å². The van der Waals surface area contributed by atoms with E-state index in [-0.39, 0.29) is 6.03 Å². The van der Waals surface area contributed by atoms with E-state index in [2.05, 4.69) is 20.6 Å². The zero-order valence-electron chi connectivity index (χ0n) is 18.6. The average molecular weight is 478 g/mol. The first-order chi connectivity index (χ1) is 15.7. The van der Waals surface area contributed by atoms with E-state index < -0.39 is 5.60 Å². The lowest BCUT2D eigenvalue weighted by molar-refractivity contribution is 0.0746. The van der Waals surface area contributed by atoms with Crippen LogP contribution < -0.4 is 10.6 Å². The Bertz CT molecular complexity index is 1510. The lowest BCUT2D eigenvalue weighted by Gasteiger charge is -2.12. The number of nitrogens with zero attached hydrogens (tertiary/aromatic N) is 3. The van der Waals surface area contributed by atoms with Gasteiger partial charge in [0.05, 0.1) is 32.0 Å². The first kappa shape index (κ1) is 21.6. The second kappa shape index (κ2) is 7.95. The summed E-state index contributed by atoms with van der Waals surface area (Å²) in [5, 5.41) is 20.2. The number of amides is 1. The fraction of sp³-hybridized carbons (Fsp3) is 0.208. The standard InChI is InChI=1S/C24H23N5O2S2/c1-13-9-14-10-15(5-6-18(14)29(13)23(30)25-4)27-16-7-8-26-17-11-19(33-21(16)17)22-28-20(12-32-22)24(2,3)31/h5-12,31H,1-4H3,(H,25,30)(H,26,27). The zero-order chi connectivity index (χ0) is 23.3. The number of aromatic nitrogens is 3. The molecule has 0 unspecified atom stereocenters. The highest BCUT2D eigenvalue weighted by Gasteiger charge is 2.21. The van der Waals surface area contributed by atoms with Crippen molar-refractivity contribution < 1.29 is 9.90 Å². The van der Waals surface area contributed by atoms with Crippen LogP contribution in [0.3, 0.4) is 0 Å². The van der Waals surface area contributed by atoms with Gasteiger partial charge in [-0.15, -0.1) is 22.7 Å². The van der Waals surface area contributed by atoms with Gasteiger partial charge in [0, 0.05) is 35.4 Å². The predicted octanol–water partition coefficient (Wildman–Crippen LogP) is 5.84. The van der Waals surface area contributed by atoms with Gasteiger partial charge in [-0.3, -0.25) is 9.55 Å².